The smallest absolute Gasteiger partial charge is 0.137 e. The monoisotopic (exact) mass is 271 g/mol. The molecule has 0 aromatic rings. The molecular formula is C7H8F2IN. The highest BCUT2D eigenvalue weighted by atomic mass is 127. The molecule has 0 aromatic heterocycles. The second kappa shape index (κ2) is 3.62. The van der Waals surface area contributed by atoms with E-state index in [1.807, 2.05) is 0 Å². The van der Waals surface area contributed by atoms with Crippen LogP contribution in [-0.4, -0.2) is 16.6 Å². The molecule has 0 heterocycles. The minimum Gasteiger partial charge on any atom is -0.326 e. The molecule has 0 radical (unpaired) electrons. The third-order valence-electron chi connectivity index (χ3n) is 1.53. The first-order valence-electron chi connectivity index (χ1n) is 3.21. The van der Waals surface area contributed by atoms with Crippen LogP contribution in [-0.2, 0) is 0 Å². The number of rotatable bonds is 1. The van der Waals surface area contributed by atoms with Crippen LogP contribution in [0.1, 0.15) is 0 Å². The van der Waals surface area contributed by atoms with E-state index in [0.29, 0.717) is 5.57 Å². The Hall–Kier alpha value is 0.0300. The highest BCUT2D eigenvalue weighted by Crippen LogP contribution is 2.28. The van der Waals surface area contributed by atoms with Crippen molar-refractivity contribution in [3.05, 3.63) is 23.6 Å². The summed E-state index contributed by atoms with van der Waals surface area (Å²) >= 11 is 1.73. The van der Waals surface area contributed by atoms with Gasteiger partial charge in [0.2, 0.25) is 0 Å². The fourth-order valence-electron chi connectivity index (χ4n) is 0.868. The Morgan fingerprint density at radius 3 is 2.82 bits per heavy atom. The van der Waals surface area contributed by atoms with Gasteiger partial charge in [0, 0.05) is 6.54 Å². The zero-order valence-electron chi connectivity index (χ0n) is 5.73. The lowest BCUT2D eigenvalue weighted by Gasteiger charge is -2.16. The van der Waals surface area contributed by atoms with Crippen molar-refractivity contribution >= 4 is 22.6 Å². The largest absolute Gasteiger partial charge is 0.326 e. The number of hydrogen-bond acceptors (Lipinski definition) is 1. The summed E-state index contributed by atoms with van der Waals surface area (Å²) in [5.74, 6) is -0.428. The molecule has 0 aliphatic heterocycles. The van der Waals surface area contributed by atoms with Gasteiger partial charge in [0.1, 0.15) is 12.0 Å². The van der Waals surface area contributed by atoms with Crippen LogP contribution in [0.3, 0.4) is 0 Å². The van der Waals surface area contributed by atoms with E-state index in [4.69, 9.17) is 5.73 Å². The average Bonchev–Trinajstić information content (AvgIpc) is 2.01. The Morgan fingerprint density at radius 2 is 2.27 bits per heavy atom. The molecule has 0 amide bonds. The van der Waals surface area contributed by atoms with Crippen LogP contribution < -0.4 is 5.73 Å². The van der Waals surface area contributed by atoms with Crippen LogP contribution in [0.4, 0.5) is 8.78 Å². The quantitative estimate of drug-likeness (QED) is 0.572. The third-order valence-corrected chi connectivity index (χ3v) is 2.76. The van der Waals surface area contributed by atoms with Crippen molar-refractivity contribution in [2.75, 3.05) is 6.54 Å². The van der Waals surface area contributed by atoms with Crippen molar-refractivity contribution in [2.24, 2.45) is 5.73 Å². The van der Waals surface area contributed by atoms with Gasteiger partial charge in [0.25, 0.3) is 0 Å². The van der Waals surface area contributed by atoms with Gasteiger partial charge in [-0.3, -0.25) is 0 Å². The summed E-state index contributed by atoms with van der Waals surface area (Å²) in [5, 5.41) is 0. The molecule has 0 saturated heterocycles. The van der Waals surface area contributed by atoms with E-state index >= 15 is 0 Å². The molecule has 0 bridgehead atoms. The summed E-state index contributed by atoms with van der Waals surface area (Å²) in [4.78, 5) is 0. The number of hydrogen-bond donors (Lipinski definition) is 1. The van der Waals surface area contributed by atoms with Gasteiger partial charge in [0.15, 0.2) is 0 Å². The zero-order valence-corrected chi connectivity index (χ0v) is 7.89. The normalized spacial score (nSPS) is 31.3. The lowest BCUT2D eigenvalue weighted by atomic mass is 10.1. The first-order chi connectivity index (χ1) is 5.16. The molecule has 1 aliphatic rings. The molecule has 0 fully saturated rings. The predicted octanol–water partition coefficient (Wildman–Crippen LogP) is 1.88. The molecule has 1 aliphatic carbocycles. The molecule has 62 valence electrons. The molecule has 4 heteroatoms. The van der Waals surface area contributed by atoms with Crippen LogP contribution in [0.2, 0.25) is 0 Å². The van der Waals surface area contributed by atoms with Crippen molar-refractivity contribution in [2.45, 2.75) is 10.1 Å². The Morgan fingerprint density at radius 1 is 1.64 bits per heavy atom. The summed E-state index contributed by atoms with van der Waals surface area (Å²) in [5.41, 5.74) is 5.63. The molecule has 2 unspecified atom stereocenters. The van der Waals surface area contributed by atoms with Gasteiger partial charge >= 0.3 is 0 Å². The summed E-state index contributed by atoms with van der Waals surface area (Å²) in [6, 6.07) is 0. The number of alkyl halides is 2. The molecular weight excluding hydrogens is 263 g/mol. The van der Waals surface area contributed by atoms with Gasteiger partial charge < -0.3 is 5.73 Å². The molecule has 11 heavy (non-hydrogen) atoms. The van der Waals surface area contributed by atoms with Crippen LogP contribution in [0, 0.1) is 0 Å². The lowest BCUT2D eigenvalue weighted by Crippen LogP contribution is -2.20. The summed E-state index contributed by atoms with van der Waals surface area (Å²) in [7, 11) is 0. The molecule has 0 saturated carbocycles. The maximum Gasteiger partial charge on any atom is 0.137 e. The van der Waals surface area contributed by atoms with Crippen molar-refractivity contribution in [1.29, 1.82) is 0 Å². The lowest BCUT2D eigenvalue weighted by molar-refractivity contribution is 0.382. The van der Waals surface area contributed by atoms with Crippen molar-refractivity contribution < 1.29 is 8.78 Å². The zero-order chi connectivity index (χ0) is 8.43. The fourth-order valence-corrected chi connectivity index (χ4v) is 1.51. The number of halogens is 3. The van der Waals surface area contributed by atoms with Crippen molar-refractivity contribution in [1.82, 2.24) is 0 Å². The van der Waals surface area contributed by atoms with E-state index in [9.17, 15) is 8.78 Å². The van der Waals surface area contributed by atoms with E-state index < -0.39 is 15.9 Å². The van der Waals surface area contributed by atoms with Crippen LogP contribution >= 0.6 is 22.6 Å². The van der Waals surface area contributed by atoms with E-state index in [1.165, 1.54) is 12.2 Å². The third kappa shape index (κ3) is 1.79. The predicted molar refractivity (Wildman–Crippen MR) is 49.0 cm³/mol. The Kier molecular flexibility index (Phi) is 3.00. The summed E-state index contributed by atoms with van der Waals surface area (Å²) in [6.45, 7) is 0.133. The molecule has 1 nitrogen and oxygen atoms in total. The van der Waals surface area contributed by atoms with E-state index in [-0.39, 0.29) is 6.54 Å². The van der Waals surface area contributed by atoms with Gasteiger partial charge in [-0.1, -0.05) is 28.7 Å². The molecule has 2 N–H and O–H groups in total. The van der Waals surface area contributed by atoms with Crippen molar-refractivity contribution in [3.8, 4) is 0 Å². The second-order valence-corrected chi connectivity index (χ2v) is 3.62. The first kappa shape index (κ1) is 9.12. The van der Waals surface area contributed by atoms with E-state index in [1.54, 1.807) is 22.6 Å². The molecule has 1 rings (SSSR count). The molecule has 0 spiro atoms. The molecule has 0 aromatic carbocycles. The summed E-state index contributed by atoms with van der Waals surface area (Å²) < 4.78 is 25.0. The van der Waals surface area contributed by atoms with Gasteiger partial charge in [0.05, 0.1) is 3.92 Å². The SMILES string of the molecule is NCC1=C(F)C(I)C(F)C=C1. The maximum atomic E-state index is 13.0. The van der Waals surface area contributed by atoms with Crippen LogP contribution in [0.15, 0.2) is 23.6 Å². The van der Waals surface area contributed by atoms with Gasteiger partial charge in [-0.2, -0.15) is 0 Å². The van der Waals surface area contributed by atoms with Crippen LogP contribution in [0.25, 0.3) is 0 Å². The highest BCUT2D eigenvalue weighted by Gasteiger charge is 2.25. The standard InChI is InChI=1S/C7H8F2IN/c8-5-2-1-4(3-11)6(9)7(5)10/h1-2,5,7H,3,11H2. The van der Waals surface area contributed by atoms with Crippen LogP contribution in [0.5, 0.6) is 0 Å². The average molecular weight is 271 g/mol. The topological polar surface area (TPSA) is 26.0 Å². The minimum absolute atomic E-state index is 0.133. The van der Waals surface area contributed by atoms with Gasteiger partial charge in [-0.25, -0.2) is 8.78 Å². The second-order valence-electron chi connectivity index (χ2n) is 2.28. The summed E-state index contributed by atoms with van der Waals surface area (Å²) in [6.07, 6.45) is 1.53. The van der Waals surface area contributed by atoms with E-state index in [0.717, 1.165) is 0 Å². The Labute approximate surface area is 77.5 Å². The minimum atomic E-state index is -1.22. The molecule has 2 atom stereocenters. The van der Waals surface area contributed by atoms with Gasteiger partial charge in [-0.15, -0.1) is 0 Å². The number of allylic oxidation sites excluding steroid dienone is 2. The van der Waals surface area contributed by atoms with Gasteiger partial charge in [-0.05, 0) is 11.6 Å². The first-order valence-corrected chi connectivity index (χ1v) is 4.46. The van der Waals surface area contributed by atoms with Crippen molar-refractivity contribution in [3.63, 3.8) is 0 Å². The highest BCUT2D eigenvalue weighted by molar-refractivity contribution is 14.1. The Balaban J connectivity index is 2.87. The maximum absolute atomic E-state index is 13.0. The fraction of sp³-hybridized carbons (Fsp3) is 0.429. The number of nitrogens with two attached hydrogens (primary N) is 1. The van der Waals surface area contributed by atoms with E-state index in [2.05, 4.69) is 0 Å². The Bertz CT molecular complexity index is 212.